The van der Waals surface area contributed by atoms with E-state index in [1.54, 1.807) is 6.20 Å². The zero-order valence-electron chi connectivity index (χ0n) is 16.5. The van der Waals surface area contributed by atoms with Gasteiger partial charge in [0.2, 0.25) is 0 Å². The van der Waals surface area contributed by atoms with Crippen molar-refractivity contribution >= 4 is 10.9 Å². The molecule has 1 heterocycles. The fourth-order valence-electron chi connectivity index (χ4n) is 4.91. The molecule has 3 aromatic rings. The van der Waals surface area contributed by atoms with Crippen LogP contribution in [0.5, 0.6) is 0 Å². The number of benzene rings is 2. The first-order chi connectivity index (χ1) is 13.5. The number of halogens is 1. The van der Waals surface area contributed by atoms with Gasteiger partial charge in [-0.2, -0.15) is 5.10 Å². The summed E-state index contributed by atoms with van der Waals surface area (Å²) in [6.45, 7) is 3.66. The maximum atomic E-state index is 14.3. The van der Waals surface area contributed by atoms with Gasteiger partial charge in [-0.15, -0.1) is 0 Å². The van der Waals surface area contributed by atoms with Gasteiger partial charge >= 0.3 is 0 Å². The summed E-state index contributed by atoms with van der Waals surface area (Å²) in [5.41, 5.74) is 1.48. The molecule has 148 valence electrons. The Labute approximate surface area is 165 Å². The highest BCUT2D eigenvalue weighted by molar-refractivity contribution is 5.82. The van der Waals surface area contributed by atoms with Gasteiger partial charge in [-0.3, -0.25) is 5.10 Å². The minimum atomic E-state index is -1.08. The summed E-state index contributed by atoms with van der Waals surface area (Å²) in [4.78, 5) is 2.26. The van der Waals surface area contributed by atoms with Crippen molar-refractivity contribution in [1.82, 2.24) is 15.1 Å². The number of aromatic nitrogens is 2. The molecule has 0 amide bonds. The summed E-state index contributed by atoms with van der Waals surface area (Å²) in [5, 5.41) is 19.7. The van der Waals surface area contributed by atoms with Gasteiger partial charge < -0.3 is 10.0 Å². The standard InChI is InChI=1S/C23H28FN3O/c1-16-7-6-10-18(15-27(2)14-17-8-4-3-5-9-17)23(16,28)21-11-19(24)12-22-20(21)13-25-26-22/h3-5,8-9,11-13,16,18,28H,6-7,10,14-15H2,1-2H3,(H,25,26). The van der Waals surface area contributed by atoms with Crippen molar-refractivity contribution < 1.29 is 9.50 Å². The Morgan fingerprint density at radius 2 is 2.04 bits per heavy atom. The van der Waals surface area contributed by atoms with E-state index in [0.717, 1.165) is 37.7 Å². The number of aliphatic hydroxyl groups is 1. The van der Waals surface area contributed by atoms with E-state index < -0.39 is 5.60 Å². The average molecular weight is 381 g/mol. The van der Waals surface area contributed by atoms with Crippen LogP contribution in [0.4, 0.5) is 4.39 Å². The molecular formula is C23H28FN3O. The normalized spacial score (nSPS) is 25.5. The third-order valence-corrected chi connectivity index (χ3v) is 6.35. The number of aromatic amines is 1. The van der Waals surface area contributed by atoms with E-state index in [2.05, 4.69) is 41.2 Å². The summed E-state index contributed by atoms with van der Waals surface area (Å²) < 4.78 is 14.3. The lowest BCUT2D eigenvalue weighted by molar-refractivity contribution is -0.102. The molecule has 0 aliphatic heterocycles. The van der Waals surface area contributed by atoms with Crippen molar-refractivity contribution in [3.8, 4) is 0 Å². The van der Waals surface area contributed by atoms with Crippen LogP contribution >= 0.6 is 0 Å². The lowest BCUT2D eigenvalue weighted by atomic mass is 9.65. The number of fused-ring (bicyclic) bond motifs is 1. The summed E-state index contributed by atoms with van der Waals surface area (Å²) >= 11 is 0. The Morgan fingerprint density at radius 1 is 1.25 bits per heavy atom. The summed E-state index contributed by atoms with van der Waals surface area (Å²) in [6.07, 6.45) is 4.65. The van der Waals surface area contributed by atoms with Crippen LogP contribution in [0, 0.1) is 17.7 Å². The average Bonchev–Trinajstić information content (AvgIpc) is 3.14. The smallest absolute Gasteiger partial charge is 0.125 e. The fourth-order valence-corrected chi connectivity index (χ4v) is 4.91. The van der Waals surface area contributed by atoms with Crippen molar-refractivity contribution in [3.05, 3.63) is 65.6 Å². The molecule has 1 fully saturated rings. The van der Waals surface area contributed by atoms with E-state index in [4.69, 9.17) is 0 Å². The van der Waals surface area contributed by atoms with E-state index in [0.29, 0.717) is 11.1 Å². The summed E-state index contributed by atoms with van der Waals surface area (Å²) in [5.74, 6) is -0.254. The van der Waals surface area contributed by atoms with Crippen LogP contribution in [0.25, 0.3) is 10.9 Å². The maximum absolute atomic E-state index is 14.3. The number of H-pyrrole nitrogens is 1. The monoisotopic (exact) mass is 381 g/mol. The molecule has 1 saturated carbocycles. The minimum Gasteiger partial charge on any atom is -0.385 e. The van der Waals surface area contributed by atoms with Gasteiger partial charge in [-0.1, -0.05) is 43.7 Å². The molecule has 5 heteroatoms. The maximum Gasteiger partial charge on any atom is 0.125 e. The number of nitrogens with one attached hydrogen (secondary N) is 1. The Bertz CT molecular complexity index is 941. The number of hydrogen-bond acceptors (Lipinski definition) is 3. The Kier molecular flexibility index (Phi) is 5.21. The van der Waals surface area contributed by atoms with Crippen LogP contribution < -0.4 is 0 Å². The quantitative estimate of drug-likeness (QED) is 0.686. The Morgan fingerprint density at radius 3 is 2.82 bits per heavy atom. The fraction of sp³-hybridized carbons (Fsp3) is 0.435. The molecule has 28 heavy (non-hydrogen) atoms. The van der Waals surface area contributed by atoms with E-state index >= 15 is 0 Å². The van der Waals surface area contributed by atoms with Crippen LogP contribution in [-0.2, 0) is 12.1 Å². The molecule has 3 atom stereocenters. The molecule has 0 bridgehead atoms. The number of hydrogen-bond donors (Lipinski definition) is 2. The zero-order chi connectivity index (χ0) is 19.7. The van der Waals surface area contributed by atoms with Gasteiger partial charge in [0, 0.05) is 24.4 Å². The Hall–Kier alpha value is -2.24. The topological polar surface area (TPSA) is 52.1 Å². The first-order valence-electron chi connectivity index (χ1n) is 10.1. The van der Waals surface area contributed by atoms with E-state index in [1.165, 1.54) is 17.7 Å². The molecule has 1 aliphatic carbocycles. The molecule has 0 spiro atoms. The van der Waals surface area contributed by atoms with E-state index in [9.17, 15) is 9.50 Å². The van der Waals surface area contributed by atoms with E-state index in [-0.39, 0.29) is 17.7 Å². The van der Waals surface area contributed by atoms with Crippen LogP contribution in [-0.4, -0.2) is 33.8 Å². The van der Waals surface area contributed by atoms with Gasteiger partial charge in [0.05, 0.1) is 17.3 Å². The van der Waals surface area contributed by atoms with Crippen LogP contribution in [0.3, 0.4) is 0 Å². The number of rotatable bonds is 5. The minimum absolute atomic E-state index is 0.0323. The highest BCUT2D eigenvalue weighted by Gasteiger charge is 2.46. The third-order valence-electron chi connectivity index (χ3n) is 6.35. The molecule has 2 aromatic carbocycles. The molecule has 4 rings (SSSR count). The summed E-state index contributed by atoms with van der Waals surface area (Å²) in [6, 6.07) is 13.3. The first kappa shape index (κ1) is 19.1. The van der Waals surface area contributed by atoms with Crippen molar-refractivity contribution in [2.24, 2.45) is 11.8 Å². The second-order valence-corrected chi connectivity index (χ2v) is 8.32. The van der Waals surface area contributed by atoms with Crippen LogP contribution in [0.15, 0.2) is 48.7 Å². The molecule has 1 aliphatic rings. The van der Waals surface area contributed by atoms with Crippen molar-refractivity contribution in [1.29, 1.82) is 0 Å². The lowest BCUT2D eigenvalue weighted by Crippen LogP contribution is -2.48. The highest BCUT2D eigenvalue weighted by atomic mass is 19.1. The molecule has 4 nitrogen and oxygen atoms in total. The molecule has 0 radical (unpaired) electrons. The third kappa shape index (κ3) is 3.45. The SMILES string of the molecule is CC1CCCC(CN(C)Cc2ccccc2)C1(O)c1cc(F)cc2[nH]ncc12. The van der Waals surface area contributed by atoms with Gasteiger partial charge in [0.1, 0.15) is 5.82 Å². The zero-order valence-corrected chi connectivity index (χ0v) is 16.5. The van der Waals surface area contributed by atoms with Gasteiger partial charge in [-0.05, 0) is 49.1 Å². The molecule has 2 N–H and O–H groups in total. The van der Waals surface area contributed by atoms with Crippen LogP contribution in [0.2, 0.25) is 0 Å². The molecular weight excluding hydrogens is 353 g/mol. The predicted molar refractivity (Wildman–Crippen MR) is 109 cm³/mol. The highest BCUT2D eigenvalue weighted by Crippen LogP contribution is 2.48. The lowest BCUT2D eigenvalue weighted by Gasteiger charge is -2.46. The van der Waals surface area contributed by atoms with Crippen molar-refractivity contribution in [2.45, 2.75) is 38.3 Å². The predicted octanol–water partition coefficient (Wildman–Crippen LogP) is 4.46. The number of nitrogens with zero attached hydrogens (tertiary/aromatic N) is 2. The summed E-state index contributed by atoms with van der Waals surface area (Å²) in [7, 11) is 2.09. The second kappa shape index (κ2) is 7.64. The van der Waals surface area contributed by atoms with Gasteiger partial charge in [0.15, 0.2) is 0 Å². The Balaban J connectivity index is 1.66. The van der Waals surface area contributed by atoms with Gasteiger partial charge in [-0.25, -0.2) is 4.39 Å². The largest absolute Gasteiger partial charge is 0.385 e. The molecule has 0 saturated heterocycles. The second-order valence-electron chi connectivity index (χ2n) is 8.32. The van der Waals surface area contributed by atoms with Gasteiger partial charge in [0.25, 0.3) is 0 Å². The van der Waals surface area contributed by atoms with Crippen LogP contribution in [0.1, 0.15) is 37.3 Å². The molecule has 1 aromatic heterocycles. The van der Waals surface area contributed by atoms with Crippen molar-refractivity contribution in [2.75, 3.05) is 13.6 Å². The molecule has 3 unspecified atom stereocenters. The first-order valence-corrected chi connectivity index (χ1v) is 10.1. The van der Waals surface area contributed by atoms with E-state index in [1.807, 2.05) is 18.2 Å². The van der Waals surface area contributed by atoms with Crippen molar-refractivity contribution in [3.63, 3.8) is 0 Å².